The van der Waals surface area contributed by atoms with Crippen molar-refractivity contribution in [3.63, 3.8) is 0 Å². The molecule has 172 valence electrons. The van der Waals surface area contributed by atoms with Crippen LogP contribution in [0.25, 0.3) is 5.69 Å². The average Bonchev–Trinajstić information content (AvgIpc) is 3.35. The number of phenolic OH excluding ortho intramolecular Hbond substituents is 1. The zero-order chi connectivity index (χ0) is 23.8. The minimum atomic E-state index is -0.200. The van der Waals surface area contributed by atoms with E-state index in [9.17, 15) is 5.11 Å². The number of aromatic nitrogens is 2. The zero-order valence-corrected chi connectivity index (χ0v) is 20.1. The van der Waals surface area contributed by atoms with Crippen LogP contribution in [0.2, 0.25) is 0 Å². The lowest BCUT2D eigenvalue weighted by atomic mass is 9.96. The molecule has 1 aliphatic heterocycles. The second-order valence-corrected chi connectivity index (χ2v) is 8.73. The topological polar surface area (TPSA) is 62.5 Å². The molecule has 1 saturated heterocycles. The molecule has 6 nitrogen and oxygen atoms in total. The van der Waals surface area contributed by atoms with Gasteiger partial charge in [0.25, 0.3) is 0 Å². The fourth-order valence-electron chi connectivity index (χ4n) is 4.81. The van der Waals surface area contributed by atoms with Crippen LogP contribution in [0.3, 0.4) is 0 Å². The van der Waals surface area contributed by atoms with E-state index in [4.69, 9.17) is 17.0 Å². The van der Waals surface area contributed by atoms with Gasteiger partial charge < -0.3 is 24.6 Å². The van der Waals surface area contributed by atoms with Gasteiger partial charge >= 0.3 is 0 Å². The molecule has 1 fully saturated rings. The Morgan fingerprint density at radius 2 is 1.74 bits per heavy atom. The first-order valence-corrected chi connectivity index (χ1v) is 11.5. The number of phenols is 1. The van der Waals surface area contributed by atoms with E-state index in [1.54, 1.807) is 19.4 Å². The lowest BCUT2D eigenvalue weighted by Crippen LogP contribution is -2.29. The molecular weight excluding hydrogens is 444 g/mol. The minimum Gasteiger partial charge on any atom is -0.506 e. The summed E-state index contributed by atoms with van der Waals surface area (Å²) < 4.78 is 7.56. The maximum absolute atomic E-state index is 10.7. The number of aromatic hydroxyl groups is 1. The summed E-state index contributed by atoms with van der Waals surface area (Å²) >= 11 is 5.80. The molecule has 2 aromatic heterocycles. The van der Waals surface area contributed by atoms with Crippen molar-refractivity contribution in [3.8, 4) is 17.2 Å². The van der Waals surface area contributed by atoms with Gasteiger partial charge in [-0.15, -0.1) is 0 Å². The van der Waals surface area contributed by atoms with Gasteiger partial charge in [-0.05, 0) is 86.2 Å². The van der Waals surface area contributed by atoms with E-state index in [0.717, 1.165) is 34.1 Å². The Morgan fingerprint density at radius 3 is 2.41 bits per heavy atom. The molecule has 2 unspecified atom stereocenters. The Hall–Kier alpha value is -3.84. The van der Waals surface area contributed by atoms with Crippen LogP contribution < -0.4 is 15.0 Å². The van der Waals surface area contributed by atoms with Crippen molar-refractivity contribution >= 4 is 23.0 Å². The third kappa shape index (κ3) is 3.68. The molecule has 0 saturated carbocycles. The quantitative estimate of drug-likeness (QED) is 0.382. The Bertz CT molecular complexity index is 1330. The maximum Gasteiger partial charge on any atom is 0.174 e. The highest BCUT2D eigenvalue weighted by Crippen LogP contribution is 2.45. The highest BCUT2D eigenvalue weighted by atomic mass is 32.1. The zero-order valence-electron chi connectivity index (χ0n) is 19.3. The summed E-state index contributed by atoms with van der Waals surface area (Å²) in [5, 5.41) is 14.7. The van der Waals surface area contributed by atoms with Gasteiger partial charge in [-0.2, -0.15) is 0 Å². The van der Waals surface area contributed by atoms with Gasteiger partial charge in [0.2, 0.25) is 0 Å². The number of nitrogens with one attached hydrogen (secondary N) is 1. The van der Waals surface area contributed by atoms with Crippen LogP contribution in [0.1, 0.15) is 34.7 Å². The molecule has 0 radical (unpaired) electrons. The van der Waals surface area contributed by atoms with E-state index in [2.05, 4.69) is 46.9 Å². The van der Waals surface area contributed by atoms with Crippen molar-refractivity contribution in [2.45, 2.75) is 25.9 Å². The number of benzene rings is 2. The summed E-state index contributed by atoms with van der Waals surface area (Å²) in [7, 11) is 1.67. The number of anilines is 1. The third-order valence-electron chi connectivity index (χ3n) is 6.36. The number of methoxy groups -OCH3 is 1. The second kappa shape index (κ2) is 8.83. The van der Waals surface area contributed by atoms with E-state index in [0.29, 0.717) is 10.8 Å². The van der Waals surface area contributed by atoms with Crippen molar-refractivity contribution in [2.24, 2.45) is 0 Å². The first-order chi connectivity index (χ1) is 16.5. The Labute approximate surface area is 204 Å². The molecule has 7 heteroatoms. The number of pyridine rings is 1. The van der Waals surface area contributed by atoms with Gasteiger partial charge in [-0.25, -0.2) is 0 Å². The molecule has 0 spiro atoms. The average molecular weight is 471 g/mol. The Balaban J connectivity index is 1.67. The SMILES string of the molecule is COc1ccc(-n2c(C)cc(C3C(c4ccccn4)NC(=S)N3c3ccccc3O)c2C)cc1. The summed E-state index contributed by atoms with van der Waals surface area (Å²) in [5.41, 5.74) is 5.92. The normalized spacial score (nSPS) is 17.6. The molecule has 1 aliphatic rings. The van der Waals surface area contributed by atoms with Crippen LogP contribution >= 0.6 is 12.2 Å². The maximum atomic E-state index is 10.7. The number of hydrogen-bond donors (Lipinski definition) is 2. The lowest BCUT2D eigenvalue weighted by Gasteiger charge is -2.28. The molecule has 0 amide bonds. The molecule has 2 atom stereocenters. The van der Waals surface area contributed by atoms with E-state index in [-0.39, 0.29) is 17.8 Å². The second-order valence-electron chi connectivity index (χ2n) is 8.35. The van der Waals surface area contributed by atoms with Crippen LogP contribution in [0, 0.1) is 13.8 Å². The largest absolute Gasteiger partial charge is 0.506 e. The van der Waals surface area contributed by atoms with Crippen molar-refractivity contribution in [1.29, 1.82) is 0 Å². The first-order valence-electron chi connectivity index (χ1n) is 11.1. The van der Waals surface area contributed by atoms with Crippen LogP contribution in [0.4, 0.5) is 5.69 Å². The summed E-state index contributed by atoms with van der Waals surface area (Å²) in [6.07, 6.45) is 1.79. The highest BCUT2D eigenvalue weighted by Gasteiger charge is 2.43. The molecule has 5 rings (SSSR count). The van der Waals surface area contributed by atoms with Gasteiger partial charge in [0, 0.05) is 23.3 Å². The third-order valence-corrected chi connectivity index (χ3v) is 6.67. The fourth-order valence-corrected chi connectivity index (χ4v) is 5.15. The van der Waals surface area contributed by atoms with Crippen LogP contribution in [-0.4, -0.2) is 26.9 Å². The van der Waals surface area contributed by atoms with Gasteiger partial charge in [-0.1, -0.05) is 18.2 Å². The Kier molecular flexibility index (Phi) is 5.71. The summed E-state index contributed by atoms with van der Waals surface area (Å²) in [6, 6.07) is 23.0. The van der Waals surface area contributed by atoms with Gasteiger partial charge in [0.15, 0.2) is 5.11 Å². The summed E-state index contributed by atoms with van der Waals surface area (Å²) in [6.45, 7) is 4.22. The van der Waals surface area contributed by atoms with E-state index in [1.807, 2.05) is 53.4 Å². The fraction of sp³-hybridized carbons (Fsp3) is 0.185. The summed E-state index contributed by atoms with van der Waals surface area (Å²) in [5.74, 6) is 1.00. The monoisotopic (exact) mass is 470 g/mol. The number of nitrogens with zero attached hydrogens (tertiary/aromatic N) is 3. The standard InChI is InChI=1S/C27H26N4O2S/c1-17-16-21(18(2)30(17)19-11-13-20(33-3)14-12-19)26-25(22-8-6-7-15-28-22)29-27(34)31(26)23-9-4-5-10-24(23)32/h4-16,25-26,32H,1-3H3,(H,29,34). The number of ether oxygens (including phenoxy) is 1. The summed E-state index contributed by atoms with van der Waals surface area (Å²) in [4.78, 5) is 6.63. The van der Waals surface area contributed by atoms with Crippen LogP contribution in [-0.2, 0) is 0 Å². The van der Waals surface area contributed by atoms with Gasteiger partial charge in [0.05, 0.1) is 30.6 Å². The molecular formula is C27H26N4O2S. The van der Waals surface area contributed by atoms with E-state index < -0.39 is 0 Å². The number of hydrogen-bond acceptors (Lipinski definition) is 4. The van der Waals surface area contributed by atoms with Crippen molar-refractivity contribution in [2.75, 3.05) is 12.0 Å². The van der Waals surface area contributed by atoms with Crippen molar-refractivity contribution < 1.29 is 9.84 Å². The molecule has 0 aliphatic carbocycles. The highest BCUT2D eigenvalue weighted by molar-refractivity contribution is 7.80. The molecule has 4 aromatic rings. The number of rotatable bonds is 5. The molecule has 2 aromatic carbocycles. The molecule has 0 bridgehead atoms. The van der Waals surface area contributed by atoms with E-state index in [1.165, 1.54) is 0 Å². The number of thiocarbonyl (C=S) groups is 1. The van der Waals surface area contributed by atoms with Crippen LogP contribution in [0.5, 0.6) is 11.5 Å². The predicted molar refractivity (Wildman–Crippen MR) is 138 cm³/mol. The molecule has 3 heterocycles. The molecule has 2 N–H and O–H groups in total. The number of aryl methyl sites for hydroxylation is 1. The van der Waals surface area contributed by atoms with Crippen LogP contribution in [0.15, 0.2) is 79.0 Å². The molecule has 34 heavy (non-hydrogen) atoms. The van der Waals surface area contributed by atoms with Gasteiger partial charge in [0.1, 0.15) is 11.5 Å². The smallest absolute Gasteiger partial charge is 0.174 e. The van der Waals surface area contributed by atoms with Crippen molar-refractivity contribution in [1.82, 2.24) is 14.9 Å². The first kappa shape index (κ1) is 22.0. The van der Waals surface area contributed by atoms with E-state index >= 15 is 0 Å². The van der Waals surface area contributed by atoms with Gasteiger partial charge in [-0.3, -0.25) is 4.98 Å². The number of para-hydroxylation sites is 2. The lowest BCUT2D eigenvalue weighted by molar-refractivity contribution is 0.414. The van der Waals surface area contributed by atoms with Crippen molar-refractivity contribution in [3.05, 3.63) is 102 Å². The Morgan fingerprint density at radius 1 is 1.00 bits per heavy atom. The predicted octanol–water partition coefficient (Wildman–Crippen LogP) is 5.38. The minimum absolute atomic E-state index is 0.182.